The van der Waals surface area contributed by atoms with Crippen LogP contribution in [-0.2, 0) is 4.74 Å². The number of aromatic amines is 1. The van der Waals surface area contributed by atoms with E-state index >= 15 is 0 Å². The van der Waals surface area contributed by atoms with E-state index in [1.54, 1.807) is 6.20 Å². The summed E-state index contributed by atoms with van der Waals surface area (Å²) >= 11 is 6.13. The number of ether oxygens (including phenoxy) is 1. The molecule has 0 unspecified atom stereocenters. The molecule has 1 saturated heterocycles. The van der Waals surface area contributed by atoms with Gasteiger partial charge in [-0.05, 0) is 25.1 Å². The van der Waals surface area contributed by atoms with E-state index in [-0.39, 0.29) is 0 Å². The van der Waals surface area contributed by atoms with E-state index in [0.717, 1.165) is 30.2 Å². The lowest BCUT2D eigenvalue weighted by Crippen LogP contribution is -2.44. The Hall–Kier alpha value is -1.59. The highest BCUT2D eigenvalue weighted by molar-refractivity contribution is 6.29. The van der Waals surface area contributed by atoms with Crippen LogP contribution in [0.25, 0.3) is 11.3 Å². The maximum absolute atomic E-state index is 6.13. The molecular weight excluding hydrogens is 264 g/mol. The van der Waals surface area contributed by atoms with E-state index in [2.05, 4.69) is 27.0 Å². The number of aromatic nitrogens is 3. The molecule has 2 aromatic rings. The Morgan fingerprint density at radius 2 is 2.37 bits per heavy atom. The second-order valence-corrected chi connectivity index (χ2v) is 5.01. The van der Waals surface area contributed by atoms with Gasteiger partial charge >= 0.3 is 0 Å². The van der Waals surface area contributed by atoms with Crippen LogP contribution in [0.3, 0.4) is 0 Å². The Morgan fingerprint density at radius 1 is 1.47 bits per heavy atom. The Kier molecular flexibility index (Phi) is 3.40. The molecule has 3 heterocycles. The summed E-state index contributed by atoms with van der Waals surface area (Å²) in [4.78, 5) is 6.64. The van der Waals surface area contributed by atoms with E-state index in [1.165, 1.54) is 0 Å². The van der Waals surface area contributed by atoms with Crippen molar-refractivity contribution in [3.63, 3.8) is 0 Å². The average Bonchev–Trinajstić information content (AvgIpc) is 2.92. The van der Waals surface area contributed by atoms with Crippen LogP contribution >= 0.6 is 11.6 Å². The Bertz CT molecular complexity index is 558. The van der Waals surface area contributed by atoms with Crippen LogP contribution in [0.2, 0.25) is 5.15 Å². The van der Waals surface area contributed by atoms with Crippen molar-refractivity contribution in [3.8, 4) is 11.3 Å². The molecule has 3 rings (SSSR count). The van der Waals surface area contributed by atoms with Crippen molar-refractivity contribution < 1.29 is 4.74 Å². The van der Waals surface area contributed by atoms with Crippen LogP contribution in [0.5, 0.6) is 0 Å². The molecule has 19 heavy (non-hydrogen) atoms. The highest BCUT2D eigenvalue weighted by atomic mass is 35.5. The topological polar surface area (TPSA) is 54.0 Å². The van der Waals surface area contributed by atoms with Gasteiger partial charge in [0.15, 0.2) is 0 Å². The molecule has 0 aromatic carbocycles. The molecule has 6 heteroatoms. The smallest absolute Gasteiger partial charge is 0.132 e. The number of hydrogen-bond acceptors (Lipinski definition) is 4. The molecule has 5 nitrogen and oxygen atoms in total. The normalized spacial score (nSPS) is 19.7. The minimum atomic E-state index is 0.300. The first kappa shape index (κ1) is 12.4. The van der Waals surface area contributed by atoms with Gasteiger partial charge in [0, 0.05) is 18.3 Å². The second-order valence-electron chi connectivity index (χ2n) is 4.62. The molecule has 0 spiro atoms. The monoisotopic (exact) mass is 278 g/mol. The van der Waals surface area contributed by atoms with Gasteiger partial charge in [-0.15, -0.1) is 0 Å². The van der Waals surface area contributed by atoms with Gasteiger partial charge in [-0.1, -0.05) is 11.6 Å². The molecule has 0 amide bonds. The van der Waals surface area contributed by atoms with Gasteiger partial charge in [0.1, 0.15) is 11.0 Å². The standard InChI is InChI=1S/C13H15ClN4O/c1-9-8-19-5-4-18(9)13-7-10(6-12(14)16-13)11-2-3-15-17-11/h2-3,6-7,9H,4-5,8H2,1H3,(H,15,17)/t9-/m1/s1. The number of halogens is 1. The number of anilines is 1. The van der Waals surface area contributed by atoms with Crippen LogP contribution in [0.15, 0.2) is 24.4 Å². The minimum absolute atomic E-state index is 0.300. The molecule has 0 bridgehead atoms. The van der Waals surface area contributed by atoms with Gasteiger partial charge in [-0.25, -0.2) is 4.98 Å². The molecule has 1 aliphatic rings. The predicted octanol–water partition coefficient (Wildman–Crippen LogP) is 2.35. The molecule has 0 radical (unpaired) electrons. The van der Waals surface area contributed by atoms with Crippen molar-refractivity contribution in [1.82, 2.24) is 15.2 Å². The van der Waals surface area contributed by atoms with Crippen LogP contribution < -0.4 is 4.90 Å². The van der Waals surface area contributed by atoms with E-state index in [1.807, 2.05) is 18.2 Å². The first-order valence-electron chi connectivity index (χ1n) is 6.26. The first-order chi connectivity index (χ1) is 9.24. The fourth-order valence-electron chi connectivity index (χ4n) is 2.27. The highest BCUT2D eigenvalue weighted by Crippen LogP contribution is 2.26. The van der Waals surface area contributed by atoms with Gasteiger partial charge in [-0.2, -0.15) is 5.10 Å². The molecule has 1 fully saturated rings. The van der Waals surface area contributed by atoms with Crippen LogP contribution in [0.4, 0.5) is 5.82 Å². The molecule has 0 saturated carbocycles. The van der Waals surface area contributed by atoms with Gasteiger partial charge in [-0.3, -0.25) is 5.10 Å². The van der Waals surface area contributed by atoms with Crippen molar-refractivity contribution in [2.45, 2.75) is 13.0 Å². The molecule has 1 N–H and O–H groups in total. The minimum Gasteiger partial charge on any atom is -0.377 e. The summed E-state index contributed by atoms with van der Waals surface area (Å²) in [6.07, 6.45) is 1.72. The third kappa shape index (κ3) is 2.57. The quantitative estimate of drug-likeness (QED) is 0.857. The molecule has 1 atom stereocenters. The lowest BCUT2D eigenvalue weighted by molar-refractivity contribution is 0.0985. The summed E-state index contributed by atoms with van der Waals surface area (Å²) in [5.74, 6) is 0.882. The maximum atomic E-state index is 6.13. The van der Waals surface area contributed by atoms with Crippen molar-refractivity contribution in [2.24, 2.45) is 0 Å². The zero-order valence-corrected chi connectivity index (χ0v) is 11.4. The number of pyridine rings is 1. The van der Waals surface area contributed by atoms with Crippen LogP contribution in [-0.4, -0.2) is 41.0 Å². The fraction of sp³-hybridized carbons (Fsp3) is 0.385. The summed E-state index contributed by atoms with van der Waals surface area (Å²) < 4.78 is 5.45. The number of morpholine rings is 1. The SMILES string of the molecule is C[C@@H]1COCCN1c1cc(-c2ccn[nH]2)cc(Cl)n1. The summed E-state index contributed by atoms with van der Waals surface area (Å²) in [6.45, 7) is 4.39. The molecule has 0 aliphatic carbocycles. The maximum Gasteiger partial charge on any atom is 0.132 e. The van der Waals surface area contributed by atoms with Gasteiger partial charge in [0.25, 0.3) is 0 Å². The largest absolute Gasteiger partial charge is 0.377 e. The van der Waals surface area contributed by atoms with Crippen molar-refractivity contribution in [1.29, 1.82) is 0 Å². The van der Waals surface area contributed by atoms with Gasteiger partial charge < -0.3 is 9.64 Å². The number of hydrogen-bond donors (Lipinski definition) is 1. The van der Waals surface area contributed by atoms with E-state index in [4.69, 9.17) is 16.3 Å². The summed E-state index contributed by atoms with van der Waals surface area (Å²) in [5, 5.41) is 7.39. The van der Waals surface area contributed by atoms with Crippen molar-refractivity contribution in [2.75, 3.05) is 24.7 Å². The van der Waals surface area contributed by atoms with Gasteiger partial charge in [0.2, 0.25) is 0 Å². The average molecular weight is 279 g/mol. The molecule has 100 valence electrons. The molecule has 2 aromatic heterocycles. The van der Waals surface area contributed by atoms with E-state index < -0.39 is 0 Å². The third-order valence-electron chi connectivity index (χ3n) is 3.25. The number of nitrogens with one attached hydrogen (secondary N) is 1. The Labute approximate surface area is 116 Å². The lowest BCUT2D eigenvalue weighted by Gasteiger charge is -2.34. The summed E-state index contributed by atoms with van der Waals surface area (Å²) in [6, 6.07) is 6.08. The Balaban J connectivity index is 1.97. The fourth-order valence-corrected chi connectivity index (χ4v) is 2.47. The van der Waals surface area contributed by atoms with Crippen LogP contribution in [0.1, 0.15) is 6.92 Å². The molecular formula is C13H15ClN4O. The zero-order chi connectivity index (χ0) is 13.2. The predicted molar refractivity (Wildman–Crippen MR) is 74.5 cm³/mol. The van der Waals surface area contributed by atoms with Crippen molar-refractivity contribution in [3.05, 3.63) is 29.5 Å². The van der Waals surface area contributed by atoms with Crippen LogP contribution in [0, 0.1) is 0 Å². The zero-order valence-electron chi connectivity index (χ0n) is 10.6. The van der Waals surface area contributed by atoms with E-state index in [0.29, 0.717) is 17.8 Å². The highest BCUT2D eigenvalue weighted by Gasteiger charge is 2.21. The van der Waals surface area contributed by atoms with E-state index in [9.17, 15) is 0 Å². The van der Waals surface area contributed by atoms with Gasteiger partial charge in [0.05, 0.1) is 24.9 Å². The first-order valence-corrected chi connectivity index (χ1v) is 6.63. The summed E-state index contributed by atoms with van der Waals surface area (Å²) in [5.41, 5.74) is 1.93. The number of nitrogens with zero attached hydrogens (tertiary/aromatic N) is 3. The lowest BCUT2D eigenvalue weighted by atomic mass is 10.1. The number of rotatable bonds is 2. The second kappa shape index (κ2) is 5.19. The summed E-state index contributed by atoms with van der Waals surface area (Å²) in [7, 11) is 0. The Morgan fingerprint density at radius 3 is 3.11 bits per heavy atom. The molecule has 1 aliphatic heterocycles. The van der Waals surface area contributed by atoms with Crippen molar-refractivity contribution >= 4 is 17.4 Å². The number of H-pyrrole nitrogens is 1. The third-order valence-corrected chi connectivity index (χ3v) is 3.45.